The van der Waals surface area contributed by atoms with Crippen molar-refractivity contribution < 1.29 is 0 Å². The van der Waals surface area contributed by atoms with Gasteiger partial charge in [0, 0.05) is 0 Å². The predicted octanol–water partition coefficient (Wildman–Crippen LogP) is 4.56. The average molecular weight is 204 g/mol. The first-order chi connectivity index (χ1) is 6.90. The van der Waals surface area contributed by atoms with Crippen molar-refractivity contribution in [2.24, 2.45) is 22.2 Å². The largest absolute Gasteiger partial charge is 0.0842 e. The average Bonchev–Trinajstić information content (AvgIpc) is 2.69. The summed E-state index contributed by atoms with van der Waals surface area (Å²) in [6.07, 6.45) is 9.74. The molecule has 84 valence electrons. The van der Waals surface area contributed by atoms with E-state index in [1.54, 1.807) is 0 Å². The van der Waals surface area contributed by atoms with Crippen molar-refractivity contribution in [2.45, 2.75) is 59.8 Å². The minimum absolute atomic E-state index is 0.487. The van der Waals surface area contributed by atoms with E-state index in [9.17, 15) is 0 Å². The molecule has 3 atom stereocenters. The monoisotopic (exact) mass is 204 g/mol. The molecule has 0 aliphatic heterocycles. The maximum absolute atomic E-state index is 2.58. The van der Waals surface area contributed by atoms with Crippen LogP contribution in [0.4, 0.5) is 0 Å². The van der Waals surface area contributed by atoms with Gasteiger partial charge in [-0.1, -0.05) is 39.3 Å². The second kappa shape index (κ2) is 2.52. The Bertz CT molecular complexity index is 336. The highest BCUT2D eigenvalue weighted by Gasteiger charge is 2.61. The highest BCUT2D eigenvalue weighted by atomic mass is 14.7. The van der Waals surface area contributed by atoms with E-state index >= 15 is 0 Å². The fourth-order valence-corrected chi connectivity index (χ4v) is 5.04. The second-order valence-corrected chi connectivity index (χ2v) is 7.21. The van der Waals surface area contributed by atoms with Gasteiger partial charge in [0.1, 0.15) is 0 Å². The molecule has 2 saturated carbocycles. The number of hydrogen-bond acceptors (Lipinski definition) is 0. The van der Waals surface area contributed by atoms with Crippen LogP contribution in [0.1, 0.15) is 59.8 Å². The molecule has 3 rings (SSSR count). The predicted molar refractivity (Wildman–Crippen MR) is 64.7 cm³/mol. The van der Waals surface area contributed by atoms with Crippen LogP contribution in [-0.2, 0) is 0 Å². The summed E-state index contributed by atoms with van der Waals surface area (Å²) >= 11 is 0. The van der Waals surface area contributed by atoms with Crippen LogP contribution in [0.2, 0.25) is 0 Å². The topological polar surface area (TPSA) is 0 Å². The molecule has 0 heterocycles. The molecule has 0 saturated heterocycles. The molecule has 0 heteroatoms. The first kappa shape index (κ1) is 9.93. The maximum Gasteiger partial charge on any atom is -0.00541 e. The van der Waals surface area contributed by atoms with Gasteiger partial charge >= 0.3 is 0 Å². The lowest BCUT2D eigenvalue weighted by molar-refractivity contribution is 0.0369. The molecule has 0 aromatic heterocycles. The molecule has 0 aromatic rings. The fourth-order valence-electron chi connectivity index (χ4n) is 5.04. The van der Waals surface area contributed by atoms with E-state index in [0.29, 0.717) is 16.2 Å². The van der Waals surface area contributed by atoms with E-state index in [-0.39, 0.29) is 0 Å². The second-order valence-electron chi connectivity index (χ2n) is 7.21. The molecule has 0 amide bonds. The van der Waals surface area contributed by atoms with Crippen molar-refractivity contribution in [3.8, 4) is 0 Å². The van der Waals surface area contributed by atoms with Crippen molar-refractivity contribution in [3.63, 3.8) is 0 Å². The molecule has 2 fully saturated rings. The Balaban J connectivity index is 2.17. The first-order valence-electron chi connectivity index (χ1n) is 6.61. The van der Waals surface area contributed by atoms with Crippen molar-refractivity contribution >= 4 is 0 Å². The number of allylic oxidation sites excluding steroid dienone is 2. The van der Waals surface area contributed by atoms with Crippen LogP contribution in [0.25, 0.3) is 0 Å². The summed E-state index contributed by atoms with van der Waals surface area (Å²) in [5.74, 6) is 0.958. The standard InChI is InChI=1S/C15H24/c1-13(2)11-7-9-14(3,10-11)15(4)8-5-6-12(13)15/h6,11H,5,7-10H2,1-4H3. The zero-order valence-corrected chi connectivity index (χ0v) is 10.7. The summed E-state index contributed by atoms with van der Waals surface area (Å²) in [5.41, 5.74) is 3.45. The van der Waals surface area contributed by atoms with Crippen molar-refractivity contribution in [3.05, 3.63) is 11.6 Å². The van der Waals surface area contributed by atoms with Gasteiger partial charge in [-0.15, -0.1) is 0 Å². The Kier molecular flexibility index (Phi) is 1.67. The smallest absolute Gasteiger partial charge is 0.00541 e. The zero-order chi connectivity index (χ0) is 10.9. The normalized spacial score (nSPS) is 51.5. The van der Waals surface area contributed by atoms with E-state index in [2.05, 4.69) is 33.8 Å². The molecule has 0 nitrogen and oxygen atoms in total. The molecule has 0 radical (unpaired) electrons. The highest BCUT2D eigenvalue weighted by molar-refractivity contribution is 5.34. The molecule has 3 aliphatic rings. The SMILES string of the molecule is CC1(C)C2=CCCC2(C)C2(C)CCC1C2. The van der Waals surface area contributed by atoms with Gasteiger partial charge in [0.05, 0.1) is 0 Å². The lowest BCUT2D eigenvalue weighted by atomic mass is 9.50. The number of hydrogen-bond donors (Lipinski definition) is 0. The summed E-state index contributed by atoms with van der Waals surface area (Å²) in [7, 11) is 0. The maximum atomic E-state index is 2.58. The molecule has 2 bridgehead atoms. The Morgan fingerprint density at radius 3 is 2.60 bits per heavy atom. The van der Waals surface area contributed by atoms with Gasteiger partial charge in [-0.25, -0.2) is 0 Å². The quantitative estimate of drug-likeness (QED) is 0.507. The first-order valence-corrected chi connectivity index (χ1v) is 6.61. The summed E-state index contributed by atoms with van der Waals surface area (Å²) < 4.78 is 0. The molecule has 3 aliphatic carbocycles. The molecule has 3 unspecified atom stereocenters. The zero-order valence-electron chi connectivity index (χ0n) is 10.7. The van der Waals surface area contributed by atoms with Gasteiger partial charge in [0.25, 0.3) is 0 Å². The summed E-state index contributed by atoms with van der Waals surface area (Å²) in [6.45, 7) is 10.1. The van der Waals surface area contributed by atoms with Crippen LogP contribution in [0, 0.1) is 22.2 Å². The van der Waals surface area contributed by atoms with Crippen LogP contribution in [0.5, 0.6) is 0 Å². The van der Waals surface area contributed by atoms with Gasteiger partial charge in [-0.3, -0.25) is 0 Å². The van der Waals surface area contributed by atoms with Crippen LogP contribution in [0.15, 0.2) is 11.6 Å². The molecule has 0 N–H and O–H groups in total. The van der Waals surface area contributed by atoms with Crippen molar-refractivity contribution in [1.82, 2.24) is 0 Å². The van der Waals surface area contributed by atoms with E-state index in [1.807, 2.05) is 5.57 Å². The summed E-state index contributed by atoms with van der Waals surface area (Å²) in [5, 5.41) is 0. The van der Waals surface area contributed by atoms with Crippen molar-refractivity contribution in [2.75, 3.05) is 0 Å². The Labute approximate surface area is 94.1 Å². The van der Waals surface area contributed by atoms with Crippen molar-refractivity contribution in [1.29, 1.82) is 0 Å². The minimum Gasteiger partial charge on any atom is -0.0842 e. The molecular formula is C15H24. The highest BCUT2D eigenvalue weighted by Crippen LogP contribution is 2.71. The summed E-state index contributed by atoms with van der Waals surface area (Å²) in [6, 6.07) is 0. The van der Waals surface area contributed by atoms with E-state index in [1.165, 1.54) is 32.1 Å². The van der Waals surface area contributed by atoms with E-state index < -0.39 is 0 Å². The van der Waals surface area contributed by atoms with Gasteiger partial charge < -0.3 is 0 Å². The van der Waals surface area contributed by atoms with Gasteiger partial charge in [-0.2, -0.15) is 0 Å². The summed E-state index contributed by atoms with van der Waals surface area (Å²) in [4.78, 5) is 0. The third kappa shape index (κ3) is 0.946. The molecule has 15 heavy (non-hydrogen) atoms. The van der Waals surface area contributed by atoms with Crippen LogP contribution < -0.4 is 0 Å². The minimum atomic E-state index is 0.487. The lowest BCUT2D eigenvalue weighted by Crippen LogP contribution is -2.45. The number of rotatable bonds is 0. The van der Waals surface area contributed by atoms with E-state index in [4.69, 9.17) is 0 Å². The van der Waals surface area contributed by atoms with Crippen LogP contribution >= 0.6 is 0 Å². The third-order valence-electron chi connectivity index (χ3n) is 6.38. The van der Waals surface area contributed by atoms with E-state index in [0.717, 1.165) is 5.92 Å². The molecule has 0 aromatic carbocycles. The third-order valence-corrected chi connectivity index (χ3v) is 6.38. The van der Waals surface area contributed by atoms with Gasteiger partial charge in [0.15, 0.2) is 0 Å². The Morgan fingerprint density at radius 2 is 1.87 bits per heavy atom. The fraction of sp³-hybridized carbons (Fsp3) is 0.867. The van der Waals surface area contributed by atoms with Gasteiger partial charge in [-0.05, 0) is 54.3 Å². The molecular weight excluding hydrogens is 180 g/mol. The Hall–Kier alpha value is -0.260. The van der Waals surface area contributed by atoms with Crippen LogP contribution in [-0.4, -0.2) is 0 Å². The van der Waals surface area contributed by atoms with Crippen LogP contribution in [0.3, 0.4) is 0 Å². The molecule has 0 spiro atoms. The number of fused-ring (bicyclic) bond motifs is 4. The lowest BCUT2D eigenvalue weighted by Gasteiger charge is -2.54. The van der Waals surface area contributed by atoms with Gasteiger partial charge in [0.2, 0.25) is 0 Å². The Morgan fingerprint density at radius 1 is 1.13 bits per heavy atom.